The fourth-order valence-corrected chi connectivity index (χ4v) is 7.10. The Morgan fingerprint density at radius 1 is 0.783 bits per heavy atom. The van der Waals surface area contributed by atoms with Crippen LogP contribution in [-0.4, -0.2) is 75.3 Å². The van der Waals surface area contributed by atoms with Crippen molar-refractivity contribution in [3.05, 3.63) is 56.4 Å². The highest BCUT2D eigenvalue weighted by Crippen LogP contribution is 2.45. The number of nitrogens with two attached hydrogens (primary N) is 2. The molecule has 2 aromatic heterocycles. The fraction of sp³-hybridized carbons (Fsp3) is 0.417. The molecule has 254 valence electrons. The summed E-state index contributed by atoms with van der Waals surface area (Å²) >= 11 is 0. The topological polar surface area (TPSA) is 278 Å². The normalized spacial score (nSPS) is 13.1. The molecule has 22 heteroatoms. The van der Waals surface area contributed by atoms with Gasteiger partial charge in [0.15, 0.2) is 0 Å². The van der Waals surface area contributed by atoms with Gasteiger partial charge in [-0.1, -0.05) is 21.6 Å². The minimum atomic E-state index is -4.81. The highest BCUT2D eigenvalue weighted by molar-refractivity contribution is 8.79. The third-order valence-electron chi connectivity index (χ3n) is 6.06. The minimum absolute atomic E-state index is 0.0215. The molecule has 2 amide bonds. The number of phosphoric ester groups is 2. The number of phosphoric acid groups is 2. The van der Waals surface area contributed by atoms with E-state index in [0.717, 1.165) is 21.6 Å². The Morgan fingerprint density at radius 3 is 1.41 bits per heavy atom. The van der Waals surface area contributed by atoms with E-state index in [0.29, 0.717) is 56.8 Å². The highest BCUT2D eigenvalue weighted by Gasteiger charge is 2.21. The minimum Gasteiger partial charge on any atom is -0.383 e. The molecule has 0 bridgehead atoms. The van der Waals surface area contributed by atoms with Crippen molar-refractivity contribution < 1.29 is 47.3 Å². The Morgan fingerprint density at radius 2 is 1.13 bits per heavy atom. The summed E-state index contributed by atoms with van der Waals surface area (Å²) in [4.78, 5) is 81.0. The molecule has 0 aliphatic carbocycles. The molecule has 8 N–H and O–H groups in total. The van der Waals surface area contributed by atoms with Gasteiger partial charge in [-0.2, -0.15) is 0 Å². The van der Waals surface area contributed by atoms with Crippen LogP contribution in [0.25, 0.3) is 0 Å². The number of rotatable bonds is 19. The third-order valence-corrected chi connectivity index (χ3v) is 10.0. The molecule has 0 fully saturated rings. The molecule has 0 aliphatic rings. The molecule has 0 aromatic carbocycles. The van der Waals surface area contributed by atoms with Gasteiger partial charge in [0.25, 0.3) is 0 Å². The summed E-state index contributed by atoms with van der Waals surface area (Å²) in [6, 6.07) is 0. The molecule has 0 spiro atoms. The number of nitrogen functional groups attached to an aromatic ring is 2. The van der Waals surface area contributed by atoms with Gasteiger partial charge >= 0.3 is 15.6 Å². The van der Waals surface area contributed by atoms with Gasteiger partial charge in [-0.25, -0.2) is 29.1 Å². The monoisotopic (exact) mass is 722 g/mol. The van der Waals surface area contributed by atoms with Gasteiger partial charge in [0, 0.05) is 57.6 Å². The third kappa shape index (κ3) is 13.4. The molecule has 2 heterocycles. The van der Waals surface area contributed by atoms with Crippen LogP contribution in [0, 0.1) is 13.8 Å². The van der Waals surface area contributed by atoms with E-state index in [1.165, 1.54) is 22.2 Å². The number of aryl methyl sites for hydroxylation is 2. The Hall–Kier alpha value is -2.90. The molecular weight excluding hydrogens is 686 g/mol. The van der Waals surface area contributed by atoms with Crippen LogP contribution in [0.2, 0.25) is 0 Å². The SMILES string of the molecule is C/C(=C(/CCOP(=O)(O)O)SS/C(CCOP(=O)(O)O)=C(\C)N(C=O)Cc1cnc(C)nc1N)N(C=O)Cc1cnc(C)nc1N. The van der Waals surface area contributed by atoms with Crippen molar-refractivity contribution in [1.82, 2.24) is 29.7 Å². The Balaban J connectivity index is 2.47. The maximum atomic E-state index is 12.2. The van der Waals surface area contributed by atoms with Crippen LogP contribution >= 0.6 is 37.2 Å². The van der Waals surface area contributed by atoms with Crippen molar-refractivity contribution >= 4 is 61.7 Å². The van der Waals surface area contributed by atoms with Crippen LogP contribution in [0.15, 0.2) is 33.6 Å². The number of aromatic nitrogens is 4. The Bertz CT molecular complexity index is 1440. The van der Waals surface area contributed by atoms with E-state index in [1.54, 1.807) is 27.7 Å². The molecule has 0 atom stereocenters. The maximum Gasteiger partial charge on any atom is 0.469 e. The predicted molar refractivity (Wildman–Crippen MR) is 171 cm³/mol. The standard InChI is InChI=1S/C24H36N8O10P2S2/c1-15(31(13-33)11-19-9-27-17(3)29-23(19)25)21(5-7-41-43(35,36)37)45-46-22(6-8-42-44(38,39)40)16(2)32(14-34)12-20-10-28-18(4)30-24(20)26/h9-10,13-14H,5-8,11-12H2,1-4H3,(H2,25,27,29)(H2,26,28,30)(H2,35,36,37)(H2,38,39,40)/b21-15+,22-16+. The van der Waals surface area contributed by atoms with E-state index in [-0.39, 0.29) is 37.6 Å². The quantitative estimate of drug-likeness (QED) is 0.0690. The molecule has 2 aromatic rings. The van der Waals surface area contributed by atoms with E-state index in [2.05, 4.69) is 29.0 Å². The lowest BCUT2D eigenvalue weighted by Crippen LogP contribution is -2.22. The number of carbonyl (C=O) groups excluding carboxylic acids is 2. The first-order valence-electron chi connectivity index (χ1n) is 13.2. The summed E-state index contributed by atoms with van der Waals surface area (Å²) in [6.45, 7) is 5.64. The summed E-state index contributed by atoms with van der Waals surface area (Å²) in [5.41, 5.74) is 13.7. The van der Waals surface area contributed by atoms with Crippen molar-refractivity contribution in [2.75, 3.05) is 24.7 Å². The van der Waals surface area contributed by atoms with Gasteiger partial charge in [0.1, 0.15) is 23.3 Å². The number of hydrogen-bond donors (Lipinski definition) is 6. The molecular formula is C24H36N8O10P2S2. The van der Waals surface area contributed by atoms with Crippen molar-refractivity contribution in [3.8, 4) is 0 Å². The number of nitrogens with zero attached hydrogens (tertiary/aromatic N) is 6. The van der Waals surface area contributed by atoms with Crippen molar-refractivity contribution in [2.24, 2.45) is 0 Å². The van der Waals surface area contributed by atoms with Gasteiger partial charge < -0.3 is 40.8 Å². The molecule has 0 saturated heterocycles. The second-order valence-corrected chi connectivity index (χ2v) is 14.3. The lowest BCUT2D eigenvalue weighted by Gasteiger charge is -2.24. The lowest BCUT2D eigenvalue weighted by molar-refractivity contribution is -0.117. The fourth-order valence-electron chi connectivity index (χ4n) is 3.61. The van der Waals surface area contributed by atoms with Crippen LogP contribution < -0.4 is 11.5 Å². The maximum absolute atomic E-state index is 12.2. The summed E-state index contributed by atoms with van der Waals surface area (Å²) in [7, 11) is -7.47. The number of anilines is 2. The van der Waals surface area contributed by atoms with Crippen molar-refractivity contribution in [2.45, 2.75) is 53.6 Å². The summed E-state index contributed by atoms with van der Waals surface area (Å²) in [5, 5.41) is 0. The smallest absolute Gasteiger partial charge is 0.383 e. The van der Waals surface area contributed by atoms with E-state index < -0.39 is 28.9 Å². The first-order chi connectivity index (χ1) is 21.4. The molecule has 0 aliphatic heterocycles. The number of hydrogen-bond acceptors (Lipinski definition) is 14. The zero-order valence-electron chi connectivity index (χ0n) is 25.3. The molecule has 0 radical (unpaired) electrons. The predicted octanol–water partition coefficient (Wildman–Crippen LogP) is 2.51. The van der Waals surface area contributed by atoms with Gasteiger partial charge in [-0.05, 0) is 27.7 Å². The summed E-state index contributed by atoms with van der Waals surface area (Å²) in [5.74, 6) is 1.21. The zero-order valence-corrected chi connectivity index (χ0v) is 28.8. The summed E-state index contributed by atoms with van der Waals surface area (Å²) in [6.07, 6.45) is 3.93. The molecule has 46 heavy (non-hydrogen) atoms. The Kier molecular flexibility index (Phi) is 15.3. The highest BCUT2D eigenvalue weighted by atomic mass is 33.1. The van der Waals surface area contributed by atoms with E-state index in [9.17, 15) is 38.3 Å². The molecule has 0 unspecified atom stereocenters. The van der Waals surface area contributed by atoms with E-state index in [4.69, 9.17) is 11.5 Å². The number of carbonyl (C=O) groups is 2. The van der Waals surface area contributed by atoms with Gasteiger partial charge in [-0.3, -0.25) is 18.6 Å². The van der Waals surface area contributed by atoms with E-state index in [1.807, 2.05) is 0 Å². The molecule has 18 nitrogen and oxygen atoms in total. The first-order valence-corrected chi connectivity index (χ1v) is 18.4. The van der Waals surface area contributed by atoms with E-state index >= 15 is 0 Å². The van der Waals surface area contributed by atoms with Gasteiger partial charge in [0.2, 0.25) is 12.8 Å². The lowest BCUT2D eigenvalue weighted by atomic mass is 10.2. The number of allylic oxidation sites excluding steroid dienone is 2. The average molecular weight is 723 g/mol. The van der Waals surface area contributed by atoms with Crippen LogP contribution in [0.3, 0.4) is 0 Å². The second-order valence-electron chi connectivity index (χ2n) is 9.45. The van der Waals surface area contributed by atoms with Crippen LogP contribution in [0.1, 0.15) is 49.5 Å². The molecule has 2 rings (SSSR count). The van der Waals surface area contributed by atoms with Crippen molar-refractivity contribution in [1.29, 1.82) is 0 Å². The first kappa shape index (κ1) is 39.3. The Labute approximate surface area is 272 Å². The van der Waals surface area contributed by atoms with Crippen LogP contribution in [0.4, 0.5) is 11.6 Å². The van der Waals surface area contributed by atoms with Gasteiger partial charge in [-0.15, -0.1) is 0 Å². The molecule has 0 saturated carbocycles. The number of amides is 2. The van der Waals surface area contributed by atoms with Crippen molar-refractivity contribution in [3.63, 3.8) is 0 Å². The van der Waals surface area contributed by atoms with Crippen LogP contribution in [-0.2, 0) is 40.9 Å². The average Bonchev–Trinajstić information content (AvgIpc) is 2.95. The zero-order chi connectivity index (χ0) is 34.7. The van der Waals surface area contributed by atoms with Gasteiger partial charge in [0.05, 0.1) is 26.3 Å². The summed E-state index contributed by atoms with van der Waals surface area (Å²) < 4.78 is 32.0. The second kappa shape index (κ2) is 17.9. The largest absolute Gasteiger partial charge is 0.469 e. The van der Waals surface area contributed by atoms with Crippen LogP contribution in [0.5, 0.6) is 0 Å².